The van der Waals surface area contributed by atoms with E-state index < -0.39 is 35.6 Å². The van der Waals surface area contributed by atoms with Gasteiger partial charge in [-0.15, -0.1) is 0 Å². The lowest BCUT2D eigenvalue weighted by Gasteiger charge is -2.56. The summed E-state index contributed by atoms with van der Waals surface area (Å²) in [6.07, 6.45) is 6.25. The fourth-order valence-electron chi connectivity index (χ4n) is 6.33. The molecule has 4 saturated carbocycles. The Hall–Kier alpha value is -2.50. The molecule has 11 heteroatoms. The average molecular weight is 492 g/mol. The van der Waals surface area contributed by atoms with Gasteiger partial charge in [-0.05, 0) is 86.6 Å². The molecule has 0 saturated heterocycles. The van der Waals surface area contributed by atoms with Crippen LogP contribution < -0.4 is 9.44 Å². The van der Waals surface area contributed by atoms with Crippen LogP contribution in [0.1, 0.15) is 38.5 Å². The Bertz CT molecular complexity index is 1270. The maximum Gasteiger partial charge on any atom is 0.289 e. The minimum Gasteiger partial charge on any atom is -0.279 e. The maximum atomic E-state index is 13.1. The molecule has 2 N–H and O–H groups in total. The zero-order valence-corrected chi connectivity index (χ0v) is 19.4. The van der Waals surface area contributed by atoms with Crippen molar-refractivity contribution in [1.29, 1.82) is 0 Å². The number of hydrogen-bond acceptors (Lipinski definition) is 6. The van der Waals surface area contributed by atoms with Crippen molar-refractivity contribution < 1.29 is 21.8 Å². The number of hydrogen-bond donors (Lipinski definition) is 2. The molecule has 0 spiro atoms. The molecule has 6 rings (SSSR count). The normalized spacial score (nSPS) is 28.5. The number of nitrogens with one attached hydrogen (secondary N) is 2. The van der Waals surface area contributed by atoms with Crippen molar-refractivity contribution in [1.82, 2.24) is 4.72 Å². The van der Waals surface area contributed by atoms with Crippen LogP contribution in [0.15, 0.2) is 58.3 Å². The van der Waals surface area contributed by atoms with Crippen molar-refractivity contribution in [2.45, 2.75) is 53.9 Å². The lowest BCUT2D eigenvalue weighted by atomic mass is 9.53. The molecule has 0 aromatic heterocycles. The van der Waals surface area contributed by atoms with Crippen LogP contribution in [0.25, 0.3) is 0 Å². The maximum absolute atomic E-state index is 13.1. The van der Waals surface area contributed by atoms with Crippen molar-refractivity contribution in [2.24, 2.45) is 17.8 Å². The van der Waals surface area contributed by atoms with Crippen molar-refractivity contribution >= 4 is 31.4 Å². The molecule has 176 valence electrons. The Labute approximate surface area is 192 Å². The summed E-state index contributed by atoms with van der Waals surface area (Å²) in [5.74, 6) is 1.79. The third-order valence-electron chi connectivity index (χ3n) is 7.16. The van der Waals surface area contributed by atoms with Crippen LogP contribution >= 0.6 is 0 Å². The molecule has 33 heavy (non-hydrogen) atoms. The topological polar surface area (TPSA) is 135 Å². The fraction of sp³-hybridized carbons (Fsp3) is 0.455. The molecule has 4 aliphatic carbocycles. The highest BCUT2D eigenvalue weighted by Crippen LogP contribution is 2.56. The average Bonchev–Trinajstić information content (AvgIpc) is 2.72. The summed E-state index contributed by atoms with van der Waals surface area (Å²) < 4.78 is 56.9. The van der Waals surface area contributed by atoms with Gasteiger partial charge in [0, 0.05) is 17.3 Å². The molecule has 0 atom stereocenters. The first-order valence-electron chi connectivity index (χ1n) is 11.0. The molecule has 4 bridgehead atoms. The van der Waals surface area contributed by atoms with E-state index in [-0.39, 0.29) is 16.1 Å². The van der Waals surface area contributed by atoms with Crippen molar-refractivity contribution in [3.05, 3.63) is 58.6 Å². The number of benzene rings is 2. The standard InChI is InChI=1S/C22H25N3O6S2/c26-25(27)20-3-1-2-4-21(20)33(30,31)23-18-5-7-19(8-6-18)32(28,29)24-22-12-15-9-16(13-22)11-17(10-15)14-22/h1-8,15-17,23-24H,9-14H2. The van der Waals surface area contributed by atoms with E-state index in [4.69, 9.17) is 0 Å². The lowest BCUT2D eigenvalue weighted by molar-refractivity contribution is -0.387. The highest BCUT2D eigenvalue weighted by Gasteiger charge is 2.52. The Morgan fingerprint density at radius 3 is 1.91 bits per heavy atom. The van der Waals surface area contributed by atoms with E-state index in [1.165, 1.54) is 55.7 Å². The number of rotatable bonds is 7. The van der Waals surface area contributed by atoms with Gasteiger partial charge >= 0.3 is 0 Å². The molecule has 0 unspecified atom stereocenters. The zero-order chi connectivity index (χ0) is 23.4. The predicted molar refractivity (Wildman–Crippen MR) is 122 cm³/mol. The van der Waals surface area contributed by atoms with Gasteiger partial charge < -0.3 is 0 Å². The number of nitro benzene ring substituents is 1. The molecular weight excluding hydrogens is 466 g/mol. The largest absolute Gasteiger partial charge is 0.289 e. The Kier molecular flexibility index (Phi) is 5.26. The summed E-state index contributed by atoms with van der Waals surface area (Å²) in [6, 6.07) is 10.4. The van der Waals surface area contributed by atoms with Gasteiger partial charge in [0.25, 0.3) is 15.7 Å². The van der Waals surface area contributed by atoms with Crippen LogP contribution in [0, 0.1) is 27.9 Å². The third kappa shape index (κ3) is 4.24. The summed E-state index contributed by atoms with van der Waals surface area (Å²) in [4.78, 5) is 10.0. The highest BCUT2D eigenvalue weighted by atomic mass is 32.2. The van der Waals surface area contributed by atoms with Crippen molar-refractivity contribution in [3.8, 4) is 0 Å². The first-order valence-corrected chi connectivity index (χ1v) is 13.9. The van der Waals surface area contributed by atoms with E-state index in [2.05, 4.69) is 9.44 Å². The monoisotopic (exact) mass is 491 g/mol. The molecule has 0 amide bonds. The van der Waals surface area contributed by atoms with Crippen molar-refractivity contribution in [3.63, 3.8) is 0 Å². The van der Waals surface area contributed by atoms with Gasteiger partial charge in [-0.3, -0.25) is 14.8 Å². The molecule has 9 nitrogen and oxygen atoms in total. The van der Waals surface area contributed by atoms with Gasteiger partial charge in [-0.2, -0.15) is 0 Å². The lowest BCUT2D eigenvalue weighted by Crippen LogP contribution is -2.59. The minimum absolute atomic E-state index is 0.0619. The summed E-state index contributed by atoms with van der Waals surface area (Å²) in [5, 5.41) is 11.2. The van der Waals surface area contributed by atoms with Crippen molar-refractivity contribution in [2.75, 3.05) is 4.72 Å². The summed E-state index contributed by atoms with van der Waals surface area (Å²) >= 11 is 0. The molecule has 2 aromatic carbocycles. The van der Waals surface area contributed by atoms with Crippen LogP contribution in [0.2, 0.25) is 0 Å². The SMILES string of the molecule is O=[N+]([O-])c1ccccc1S(=O)(=O)Nc1ccc(S(=O)(=O)NC23CC4CC(CC(C4)C2)C3)cc1. The molecule has 0 aliphatic heterocycles. The van der Waals surface area contributed by atoms with Crippen LogP contribution in [-0.4, -0.2) is 27.3 Å². The van der Waals surface area contributed by atoms with Gasteiger partial charge in [0.1, 0.15) is 0 Å². The second-order valence-electron chi connectivity index (χ2n) is 9.66. The van der Waals surface area contributed by atoms with Gasteiger partial charge in [-0.25, -0.2) is 21.6 Å². The van der Waals surface area contributed by atoms with E-state index in [0.29, 0.717) is 17.8 Å². The molecule has 4 aliphatic rings. The second-order valence-corrected chi connectivity index (χ2v) is 13.0. The molecule has 0 heterocycles. The van der Waals surface area contributed by atoms with E-state index in [0.717, 1.165) is 31.4 Å². The second kappa shape index (κ2) is 7.78. The van der Waals surface area contributed by atoms with Gasteiger partial charge in [0.15, 0.2) is 4.90 Å². The Morgan fingerprint density at radius 2 is 1.36 bits per heavy atom. The third-order valence-corrected chi connectivity index (χ3v) is 10.2. The van der Waals surface area contributed by atoms with Crippen LogP contribution in [0.4, 0.5) is 11.4 Å². The molecule has 4 fully saturated rings. The van der Waals surface area contributed by atoms with Crippen LogP contribution in [-0.2, 0) is 20.0 Å². The Morgan fingerprint density at radius 1 is 0.818 bits per heavy atom. The summed E-state index contributed by atoms with van der Waals surface area (Å²) in [5.41, 5.74) is -0.800. The zero-order valence-electron chi connectivity index (χ0n) is 17.8. The van der Waals surface area contributed by atoms with E-state index in [1.54, 1.807) is 0 Å². The molecular formula is C22H25N3O6S2. The molecule has 2 aromatic rings. The smallest absolute Gasteiger partial charge is 0.279 e. The molecule has 0 radical (unpaired) electrons. The number of sulfonamides is 2. The number of nitro groups is 1. The predicted octanol–water partition coefficient (Wildman–Crippen LogP) is 3.64. The number of para-hydroxylation sites is 1. The quantitative estimate of drug-likeness (QED) is 0.448. The fourth-order valence-corrected chi connectivity index (χ4v) is 8.99. The summed E-state index contributed by atoms with van der Waals surface area (Å²) in [7, 11) is -8.00. The first-order chi connectivity index (χ1) is 15.6. The van der Waals surface area contributed by atoms with Gasteiger partial charge in [-0.1, -0.05) is 12.1 Å². The van der Waals surface area contributed by atoms with E-state index in [9.17, 15) is 26.9 Å². The highest BCUT2D eigenvalue weighted by molar-refractivity contribution is 7.93. The van der Waals surface area contributed by atoms with Gasteiger partial charge in [0.05, 0.1) is 9.82 Å². The van der Waals surface area contributed by atoms with Crippen LogP contribution in [0.5, 0.6) is 0 Å². The number of nitrogens with zero attached hydrogens (tertiary/aromatic N) is 1. The Balaban J connectivity index is 1.34. The van der Waals surface area contributed by atoms with E-state index >= 15 is 0 Å². The number of anilines is 1. The minimum atomic E-state index is -4.23. The summed E-state index contributed by atoms with van der Waals surface area (Å²) in [6.45, 7) is 0. The van der Waals surface area contributed by atoms with E-state index in [1.807, 2.05) is 0 Å². The van der Waals surface area contributed by atoms with Gasteiger partial charge in [0.2, 0.25) is 10.0 Å². The first kappa shape index (κ1) is 22.3. The van der Waals surface area contributed by atoms with Crippen LogP contribution in [0.3, 0.4) is 0 Å².